The summed E-state index contributed by atoms with van der Waals surface area (Å²) in [4.78, 5) is 17.3. The highest BCUT2D eigenvalue weighted by atomic mass is 16.5. The number of nitrogens with zero attached hydrogens (tertiary/aromatic N) is 2. The molecular formula is C19H32N2O2. The van der Waals surface area contributed by atoms with Crippen LogP contribution in [0.3, 0.4) is 0 Å². The van der Waals surface area contributed by atoms with Crippen LogP contribution in [-0.4, -0.2) is 61.1 Å². The first kappa shape index (κ1) is 17.0. The van der Waals surface area contributed by atoms with Crippen molar-refractivity contribution in [1.29, 1.82) is 0 Å². The maximum atomic E-state index is 12.6. The molecule has 0 aromatic heterocycles. The second kappa shape index (κ2) is 6.94. The third-order valence-corrected chi connectivity index (χ3v) is 6.17. The van der Waals surface area contributed by atoms with E-state index in [0.29, 0.717) is 23.4 Å². The Labute approximate surface area is 140 Å². The van der Waals surface area contributed by atoms with Crippen LogP contribution in [-0.2, 0) is 9.53 Å². The minimum absolute atomic E-state index is 0.223. The van der Waals surface area contributed by atoms with Crippen molar-refractivity contribution in [3.63, 3.8) is 0 Å². The molecule has 4 nitrogen and oxygen atoms in total. The molecule has 1 aliphatic carbocycles. The number of amides is 1. The molecule has 3 rings (SSSR count). The fourth-order valence-corrected chi connectivity index (χ4v) is 4.79. The van der Waals surface area contributed by atoms with Crippen LogP contribution in [0.1, 0.15) is 46.0 Å². The minimum atomic E-state index is 0.223. The molecule has 2 aliphatic heterocycles. The molecule has 2 heterocycles. The molecule has 1 atom stereocenters. The summed E-state index contributed by atoms with van der Waals surface area (Å²) in [5.74, 6) is 0.609. The van der Waals surface area contributed by atoms with Crippen molar-refractivity contribution >= 4 is 5.91 Å². The van der Waals surface area contributed by atoms with Crippen LogP contribution in [0.5, 0.6) is 0 Å². The quantitative estimate of drug-likeness (QED) is 0.747. The summed E-state index contributed by atoms with van der Waals surface area (Å²) >= 11 is 0. The van der Waals surface area contributed by atoms with Crippen LogP contribution in [0.15, 0.2) is 12.2 Å². The number of hydrogen-bond donors (Lipinski definition) is 0. The van der Waals surface area contributed by atoms with Gasteiger partial charge in [-0.25, -0.2) is 0 Å². The highest BCUT2D eigenvalue weighted by Gasteiger charge is 2.46. The van der Waals surface area contributed by atoms with Crippen molar-refractivity contribution in [2.75, 3.05) is 33.4 Å². The molecule has 2 fully saturated rings. The lowest BCUT2D eigenvalue weighted by atomic mass is 9.76. The molecule has 2 saturated heterocycles. The van der Waals surface area contributed by atoms with E-state index in [-0.39, 0.29) is 5.92 Å². The molecule has 4 heteroatoms. The molecule has 1 amide bonds. The van der Waals surface area contributed by atoms with Gasteiger partial charge in [0.2, 0.25) is 5.91 Å². The van der Waals surface area contributed by atoms with Gasteiger partial charge in [-0.3, -0.25) is 9.69 Å². The highest BCUT2D eigenvalue weighted by molar-refractivity contribution is 5.79. The summed E-state index contributed by atoms with van der Waals surface area (Å²) < 4.78 is 5.45. The van der Waals surface area contributed by atoms with Gasteiger partial charge in [0, 0.05) is 44.7 Å². The first-order chi connectivity index (χ1) is 11.0. The van der Waals surface area contributed by atoms with E-state index in [2.05, 4.69) is 35.8 Å². The summed E-state index contributed by atoms with van der Waals surface area (Å²) in [5, 5.41) is 0. The Bertz CT molecular complexity index is 444. The molecule has 0 saturated carbocycles. The summed E-state index contributed by atoms with van der Waals surface area (Å²) in [6, 6.07) is 1.11. The van der Waals surface area contributed by atoms with Gasteiger partial charge in [0.25, 0.3) is 0 Å². The summed E-state index contributed by atoms with van der Waals surface area (Å²) in [6.45, 7) is 8.46. The van der Waals surface area contributed by atoms with Crippen molar-refractivity contribution in [3.8, 4) is 0 Å². The lowest BCUT2D eigenvalue weighted by molar-refractivity contribution is -0.137. The van der Waals surface area contributed by atoms with Gasteiger partial charge >= 0.3 is 0 Å². The topological polar surface area (TPSA) is 32.8 Å². The molecule has 1 spiro atoms. The second-order valence-corrected chi connectivity index (χ2v) is 8.04. The monoisotopic (exact) mass is 320 g/mol. The Morgan fingerprint density at radius 3 is 2.48 bits per heavy atom. The number of ether oxygens (including phenoxy) is 1. The van der Waals surface area contributed by atoms with Gasteiger partial charge in [0.05, 0.1) is 6.61 Å². The van der Waals surface area contributed by atoms with Crippen molar-refractivity contribution in [2.24, 2.45) is 11.3 Å². The van der Waals surface area contributed by atoms with E-state index in [1.165, 1.54) is 13.0 Å². The molecule has 23 heavy (non-hydrogen) atoms. The van der Waals surface area contributed by atoms with E-state index < -0.39 is 0 Å². The average Bonchev–Trinajstić information content (AvgIpc) is 3.17. The van der Waals surface area contributed by atoms with Gasteiger partial charge in [-0.15, -0.1) is 0 Å². The first-order valence-corrected chi connectivity index (χ1v) is 9.23. The van der Waals surface area contributed by atoms with E-state index in [4.69, 9.17) is 4.74 Å². The van der Waals surface area contributed by atoms with Crippen LogP contribution >= 0.6 is 0 Å². The number of allylic oxidation sites excluding steroid dienone is 2. The minimum Gasteiger partial charge on any atom is -0.383 e. The first-order valence-electron chi connectivity index (χ1n) is 9.23. The van der Waals surface area contributed by atoms with Gasteiger partial charge in [0.15, 0.2) is 0 Å². The molecule has 0 unspecified atom stereocenters. The van der Waals surface area contributed by atoms with Gasteiger partial charge in [-0.2, -0.15) is 0 Å². The lowest BCUT2D eigenvalue weighted by Gasteiger charge is -2.40. The van der Waals surface area contributed by atoms with Crippen LogP contribution in [0.25, 0.3) is 0 Å². The SMILES string of the molecule is COC[C@H]1CC2(CCN(C(=O)C3CC=CC3)CC2)CN1C(C)C. The number of piperidine rings is 1. The number of carbonyl (C=O) groups is 1. The van der Waals surface area contributed by atoms with Crippen molar-refractivity contribution in [3.05, 3.63) is 12.2 Å². The number of rotatable bonds is 4. The number of hydrogen-bond acceptors (Lipinski definition) is 3. The van der Waals surface area contributed by atoms with Crippen molar-refractivity contribution < 1.29 is 9.53 Å². The predicted octanol–water partition coefficient (Wildman–Crippen LogP) is 2.69. The van der Waals surface area contributed by atoms with Gasteiger partial charge in [-0.1, -0.05) is 12.2 Å². The largest absolute Gasteiger partial charge is 0.383 e. The summed E-state index contributed by atoms with van der Waals surface area (Å²) in [7, 11) is 1.81. The van der Waals surface area contributed by atoms with Gasteiger partial charge < -0.3 is 9.64 Å². The Kier molecular flexibility index (Phi) is 5.12. The normalized spacial score (nSPS) is 28.3. The molecule has 0 radical (unpaired) electrons. The van der Waals surface area contributed by atoms with Crippen LogP contribution in [0, 0.1) is 11.3 Å². The molecule has 0 aromatic carbocycles. The molecule has 0 aromatic rings. The van der Waals surface area contributed by atoms with Gasteiger partial charge in [0.1, 0.15) is 0 Å². The van der Waals surface area contributed by atoms with Crippen LogP contribution in [0.2, 0.25) is 0 Å². The fourth-order valence-electron chi connectivity index (χ4n) is 4.79. The Balaban J connectivity index is 1.58. The van der Waals surface area contributed by atoms with Crippen molar-refractivity contribution in [2.45, 2.75) is 58.0 Å². The maximum Gasteiger partial charge on any atom is 0.226 e. The Morgan fingerprint density at radius 1 is 1.26 bits per heavy atom. The standard InChI is InChI=1S/C19H32N2O2/c1-15(2)21-14-19(12-17(21)13-23-3)8-10-20(11-9-19)18(22)16-6-4-5-7-16/h4-5,15-17H,6-14H2,1-3H3/t17-/m1/s1. The molecular weight excluding hydrogens is 288 g/mol. The average molecular weight is 320 g/mol. The molecule has 130 valence electrons. The third kappa shape index (κ3) is 3.48. The molecule has 0 bridgehead atoms. The van der Waals surface area contributed by atoms with Crippen LogP contribution in [0.4, 0.5) is 0 Å². The Hall–Kier alpha value is -0.870. The Morgan fingerprint density at radius 2 is 1.91 bits per heavy atom. The highest BCUT2D eigenvalue weighted by Crippen LogP contribution is 2.44. The van der Waals surface area contributed by atoms with E-state index in [9.17, 15) is 4.79 Å². The second-order valence-electron chi connectivity index (χ2n) is 8.04. The zero-order valence-corrected chi connectivity index (χ0v) is 15.0. The predicted molar refractivity (Wildman–Crippen MR) is 92.2 cm³/mol. The maximum absolute atomic E-state index is 12.6. The number of likely N-dealkylation sites (tertiary alicyclic amines) is 2. The number of carbonyl (C=O) groups excluding carboxylic acids is 1. The molecule has 0 N–H and O–H groups in total. The molecule has 3 aliphatic rings. The van der Waals surface area contributed by atoms with Crippen LogP contribution < -0.4 is 0 Å². The fraction of sp³-hybridized carbons (Fsp3) is 0.842. The zero-order valence-electron chi connectivity index (χ0n) is 15.0. The van der Waals surface area contributed by atoms with E-state index >= 15 is 0 Å². The third-order valence-electron chi connectivity index (χ3n) is 6.17. The van der Waals surface area contributed by atoms with Crippen molar-refractivity contribution in [1.82, 2.24) is 9.80 Å². The summed E-state index contributed by atoms with van der Waals surface area (Å²) in [6.07, 6.45) is 9.73. The lowest BCUT2D eigenvalue weighted by Crippen LogP contribution is -2.46. The summed E-state index contributed by atoms with van der Waals surface area (Å²) in [5.41, 5.74) is 0.401. The van der Waals surface area contributed by atoms with Gasteiger partial charge in [-0.05, 0) is 51.4 Å². The zero-order chi connectivity index (χ0) is 16.4. The van der Waals surface area contributed by atoms with E-state index in [1.54, 1.807) is 7.11 Å². The smallest absolute Gasteiger partial charge is 0.226 e. The van der Waals surface area contributed by atoms with E-state index in [0.717, 1.165) is 45.4 Å². The van der Waals surface area contributed by atoms with E-state index in [1.807, 2.05) is 0 Å². The number of methoxy groups -OCH3 is 1.